The first kappa shape index (κ1) is 11.8. The monoisotopic (exact) mass is 196 g/mol. The molecule has 0 aliphatic heterocycles. The van der Waals surface area contributed by atoms with Crippen LogP contribution in [0.2, 0.25) is 0 Å². The molecule has 1 atom stereocenters. The fourth-order valence-corrected chi connectivity index (χ4v) is 1.82. The average Bonchev–Trinajstić information content (AvgIpc) is 2.00. The Hall–Kier alpha value is -0.170. The molecule has 3 N–H and O–H groups in total. The highest BCUT2D eigenvalue weighted by Crippen LogP contribution is 1.87. The standard InChI is InChI=1S/C6H16N2O3S/c1-6(5-7)8-12(9,10)4-3-11-2/h6,8H,3-5,7H2,1-2H3/t6-/m1/s1. The van der Waals surface area contributed by atoms with Crippen molar-refractivity contribution >= 4 is 10.0 Å². The highest BCUT2D eigenvalue weighted by molar-refractivity contribution is 7.89. The summed E-state index contributed by atoms with van der Waals surface area (Å²) in [5.74, 6) is -0.0200. The summed E-state index contributed by atoms with van der Waals surface area (Å²) >= 11 is 0. The van der Waals surface area contributed by atoms with Crippen molar-refractivity contribution in [1.82, 2.24) is 4.72 Å². The van der Waals surface area contributed by atoms with Crippen LogP contribution in [0.25, 0.3) is 0 Å². The second kappa shape index (κ2) is 5.47. The molecule has 6 heteroatoms. The number of methoxy groups -OCH3 is 1. The van der Waals surface area contributed by atoms with Crippen LogP contribution in [0.5, 0.6) is 0 Å². The van der Waals surface area contributed by atoms with Gasteiger partial charge in [0.25, 0.3) is 0 Å². The molecule has 12 heavy (non-hydrogen) atoms. The summed E-state index contributed by atoms with van der Waals surface area (Å²) in [5.41, 5.74) is 5.25. The summed E-state index contributed by atoms with van der Waals surface area (Å²) in [7, 11) is -1.75. The van der Waals surface area contributed by atoms with Crippen molar-refractivity contribution in [1.29, 1.82) is 0 Å². The van der Waals surface area contributed by atoms with E-state index in [2.05, 4.69) is 9.46 Å². The lowest BCUT2D eigenvalue weighted by molar-refractivity contribution is 0.217. The van der Waals surface area contributed by atoms with Crippen molar-refractivity contribution in [2.24, 2.45) is 5.73 Å². The fraction of sp³-hybridized carbons (Fsp3) is 1.00. The Balaban J connectivity index is 3.88. The van der Waals surface area contributed by atoms with Crippen molar-refractivity contribution in [3.8, 4) is 0 Å². The van der Waals surface area contributed by atoms with Gasteiger partial charge in [0, 0.05) is 19.7 Å². The van der Waals surface area contributed by atoms with Crippen LogP contribution < -0.4 is 10.5 Å². The van der Waals surface area contributed by atoms with E-state index in [9.17, 15) is 8.42 Å². The zero-order chi connectivity index (χ0) is 9.61. The van der Waals surface area contributed by atoms with Gasteiger partial charge >= 0.3 is 0 Å². The van der Waals surface area contributed by atoms with Crippen molar-refractivity contribution in [2.45, 2.75) is 13.0 Å². The lowest BCUT2D eigenvalue weighted by atomic mass is 10.4. The first-order chi connectivity index (χ1) is 5.52. The van der Waals surface area contributed by atoms with E-state index in [-0.39, 0.29) is 18.4 Å². The molecule has 0 radical (unpaired) electrons. The molecule has 0 aliphatic rings. The van der Waals surface area contributed by atoms with Crippen molar-refractivity contribution in [2.75, 3.05) is 26.0 Å². The van der Waals surface area contributed by atoms with Crippen LogP contribution in [0.4, 0.5) is 0 Å². The highest BCUT2D eigenvalue weighted by atomic mass is 32.2. The number of hydrogen-bond acceptors (Lipinski definition) is 4. The molecule has 5 nitrogen and oxygen atoms in total. The Kier molecular flexibility index (Phi) is 5.39. The smallest absolute Gasteiger partial charge is 0.214 e. The molecule has 0 aliphatic carbocycles. The maximum absolute atomic E-state index is 11.1. The van der Waals surface area contributed by atoms with Crippen LogP contribution in [-0.2, 0) is 14.8 Å². The first-order valence-electron chi connectivity index (χ1n) is 3.71. The van der Waals surface area contributed by atoms with E-state index in [4.69, 9.17) is 5.73 Å². The van der Waals surface area contributed by atoms with Gasteiger partial charge in [0.2, 0.25) is 10.0 Å². The zero-order valence-corrected chi connectivity index (χ0v) is 8.23. The molecule has 74 valence electrons. The lowest BCUT2D eigenvalue weighted by Crippen LogP contribution is -2.39. The van der Waals surface area contributed by atoms with E-state index >= 15 is 0 Å². The maximum Gasteiger partial charge on any atom is 0.214 e. The molecular formula is C6H16N2O3S. The molecule has 0 saturated heterocycles. The summed E-state index contributed by atoms with van der Waals surface area (Å²) in [6.45, 7) is 2.21. The molecule has 0 aromatic heterocycles. The molecule has 0 aromatic carbocycles. The minimum atomic E-state index is -3.21. The number of nitrogens with two attached hydrogens (primary N) is 1. The van der Waals surface area contributed by atoms with Gasteiger partial charge in [-0.1, -0.05) is 0 Å². The number of ether oxygens (including phenoxy) is 1. The molecule has 0 fully saturated rings. The van der Waals surface area contributed by atoms with Gasteiger partial charge in [0.1, 0.15) is 0 Å². The first-order valence-corrected chi connectivity index (χ1v) is 5.36. The maximum atomic E-state index is 11.1. The van der Waals surface area contributed by atoms with Gasteiger partial charge < -0.3 is 10.5 Å². The minimum Gasteiger partial charge on any atom is -0.384 e. The Morgan fingerprint density at radius 2 is 2.17 bits per heavy atom. The van der Waals surface area contributed by atoms with Gasteiger partial charge in [-0.05, 0) is 6.92 Å². The van der Waals surface area contributed by atoms with Crippen LogP contribution >= 0.6 is 0 Å². The molecule has 0 aromatic rings. The summed E-state index contributed by atoms with van der Waals surface area (Å²) in [5, 5.41) is 0. The average molecular weight is 196 g/mol. The van der Waals surface area contributed by atoms with E-state index in [1.807, 2.05) is 0 Å². The van der Waals surface area contributed by atoms with Crippen LogP contribution in [0.15, 0.2) is 0 Å². The Morgan fingerprint density at radius 3 is 2.58 bits per heavy atom. The molecular weight excluding hydrogens is 180 g/mol. The molecule has 0 bridgehead atoms. The van der Waals surface area contributed by atoms with Crippen molar-refractivity contribution in [3.63, 3.8) is 0 Å². The quantitative estimate of drug-likeness (QED) is 0.565. The van der Waals surface area contributed by atoms with E-state index in [1.165, 1.54) is 7.11 Å². The minimum absolute atomic E-state index is 0.0200. The summed E-state index contributed by atoms with van der Waals surface area (Å²) in [4.78, 5) is 0. The van der Waals surface area contributed by atoms with Gasteiger partial charge in [0.05, 0.1) is 12.4 Å². The molecule has 0 spiro atoms. The van der Waals surface area contributed by atoms with Crippen molar-refractivity contribution in [3.05, 3.63) is 0 Å². The van der Waals surface area contributed by atoms with Gasteiger partial charge in [0.15, 0.2) is 0 Å². The van der Waals surface area contributed by atoms with Crippen LogP contribution in [0.3, 0.4) is 0 Å². The second-order valence-corrected chi connectivity index (χ2v) is 4.44. The Labute approximate surface area is 73.3 Å². The van der Waals surface area contributed by atoms with Crippen LogP contribution in [-0.4, -0.2) is 40.5 Å². The highest BCUT2D eigenvalue weighted by Gasteiger charge is 2.12. The zero-order valence-electron chi connectivity index (χ0n) is 7.41. The molecule has 0 amide bonds. The molecule has 0 rings (SSSR count). The largest absolute Gasteiger partial charge is 0.384 e. The summed E-state index contributed by atoms with van der Waals surface area (Å²) in [6.07, 6.45) is 0. The van der Waals surface area contributed by atoms with E-state index in [1.54, 1.807) is 6.92 Å². The van der Waals surface area contributed by atoms with Crippen LogP contribution in [0, 0.1) is 0 Å². The molecule has 0 heterocycles. The number of hydrogen-bond donors (Lipinski definition) is 2. The van der Waals surface area contributed by atoms with E-state index in [0.717, 1.165) is 0 Å². The Bertz CT molecular complexity index is 203. The van der Waals surface area contributed by atoms with Gasteiger partial charge in [-0.15, -0.1) is 0 Å². The lowest BCUT2D eigenvalue weighted by Gasteiger charge is -2.10. The third-order valence-electron chi connectivity index (χ3n) is 1.29. The summed E-state index contributed by atoms with van der Waals surface area (Å²) < 4.78 is 29.3. The Morgan fingerprint density at radius 1 is 1.58 bits per heavy atom. The van der Waals surface area contributed by atoms with Gasteiger partial charge in [-0.3, -0.25) is 0 Å². The predicted molar refractivity (Wildman–Crippen MR) is 47.3 cm³/mol. The van der Waals surface area contributed by atoms with E-state index in [0.29, 0.717) is 6.54 Å². The molecule has 0 unspecified atom stereocenters. The van der Waals surface area contributed by atoms with Crippen LogP contribution in [0.1, 0.15) is 6.92 Å². The van der Waals surface area contributed by atoms with Gasteiger partial charge in [-0.25, -0.2) is 13.1 Å². The SMILES string of the molecule is COCCS(=O)(=O)N[C@H](C)CN. The second-order valence-electron chi connectivity index (χ2n) is 2.57. The number of sulfonamides is 1. The third-order valence-corrected chi connectivity index (χ3v) is 2.76. The molecule has 0 saturated carbocycles. The normalized spacial score (nSPS) is 14.6. The predicted octanol–water partition coefficient (Wildman–Crippen LogP) is -1.10. The topological polar surface area (TPSA) is 81.4 Å². The van der Waals surface area contributed by atoms with Gasteiger partial charge in [-0.2, -0.15) is 0 Å². The summed E-state index contributed by atoms with van der Waals surface area (Å²) in [6, 6.07) is -0.216. The number of nitrogens with one attached hydrogen (secondary N) is 1. The fourth-order valence-electron chi connectivity index (χ4n) is 0.607. The third kappa shape index (κ3) is 5.48. The van der Waals surface area contributed by atoms with Crippen molar-refractivity contribution < 1.29 is 13.2 Å². The van der Waals surface area contributed by atoms with E-state index < -0.39 is 10.0 Å². The number of rotatable bonds is 6.